The Hall–Kier alpha value is -1.54. The first-order valence-corrected chi connectivity index (χ1v) is 7.62. The van der Waals surface area contributed by atoms with Crippen molar-refractivity contribution >= 4 is 5.57 Å². The van der Waals surface area contributed by atoms with Gasteiger partial charge in [0.2, 0.25) is 0 Å². The van der Waals surface area contributed by atoms with Crippen LogP contribution in [0.15, 0.2) is 42.0 Å². The van der Waals surface area contributed by atoms with E-state index in [-0.39, 0.29) is 5.41 Å². The van der Waals surface area contributed by atoms with Crippen LogP contribution in [0.5, 0.6) is 5.75 Å². The third-order valence-corrected chi connectivity index (χ3v) is 3.34. The second-order valence-electron chi connectivity index (χ2n) is 7.24. The molecule has 1 aliphatic rings. The lowest BCUT2D eigenvalue weighted by Gasteiger charge is -2.20. The highest BCUT2D eigenvalue weighted by atomic mass is 16.5. The van der Waals surface area contributed by atoms with Gasteiger partial charge in [0, 0.05) is 12.1 Å². The second kappa shape index (κ2) is 6.48. The average molecular weight is 285 g/mol. The molecule has 0 atom stereocenters. The van der Waals surface area contributed by atoms with Crippen molar-refractivity contribution in [3.05, 3.63) is 47.6 Å². The van der Waals surface area contributed by atoms with Crippen molar-refractivity contribution in [3.8, 4) is 5.75 Å². The molecule has 0 spiro atoms. The van der Waals surface area contributed by atoms with E-state index in [0.717, 1.165) is 25.3 Å². The molecule has 114 valence electrons. The summed E-state index contributed by atoms with van der Waals surface area (Å²) in [4.78, 5) is 2.20. The van der Waals surface area contributed by atoms with Gasteiger partial charge >= 0.3 is 0 Å². The van der Waals surface area contributed by atoms with Crippen LogP contribution in [-0.2, 0) is 0 Å². The third-order valence-electron chi connectivity index (χ3n) is 3.34. The minimum Gasteiger partial charge on any atom is -0.492 e. The van der Waals surface area contributed by atoms with Crippen molar-refractivity contribution in [2.45, 2.75) is 27.2 Å². The van der Waals surface area contributed by atoms with Crippen LogP contribution >= 0.6 is 0 Å². The van der Waals surface area contributed by atoms with Gasteiger partial charge in [-0.1, -0.05) is 51.1 Å². The summed E-state index contributed by atoms with van der Waals surface area (Å²) in [7, 11) is 4.21. The molecule has 21 heavy (non-hydrogen) atoms. The van der Waals surface area contributed by atoms with Crippen LogP contribution in [0.4, 0.5) is 0 Å². The van der Waals surface area contributed by atoms with Gasteiger partial charge in [-0.15, -0.1) is 0 Å². The molecular weight excluding hydrogens is 258 g/mol. The van der Waals surface area contributed by atoms with E-state index in [1.54, 1.807) is 0 Å². The Morgan fingerprint density at radius 2 is 1.86 bits per heavy atom. The SMILES string of the molecule is CN(C)CC1=CCC(c2ccccc2OCC(C)(C)C)=C1. The summed E-state index contributed by atoms with van der Waals surface area (Å²) in [5.41, 5.74) is 4.15. The number of likely N-dealkylation sites (N-methyl/N-ethyl adjacent to an activating group) is 1. The maximum atomic E-state index is 6.06. The standard InChI is InChI=1S/C19H27NO/c1-19(2,3)14-21-18-9-7-6-8-17(18)16-11-10-15(12-16)13-20(4)5/h6-10,12H,11,13-14H2,1-5H3. The molecule has 2 heteroatoms. The molecule has 0 saturated carbocycles. The molecule has 0 aliphatic heterocycles. The summed E-state index contributed by atoms with van der Waals surface area (Å²) in [5.74, 6) is 0.998. The summed E-state index contributed by atoms with van der Waals surface area (Å²) in [6, 6.07) is 8.37. The van der Waals surface area contributed by atoms with Gasteiger partial charge in [-0.25, -0.2) is 0 Å². The molecular formula is C19H27NO. The lowest BCUT2D eigenvalue weighted by Crippen LogP contribution is -2.17. The van der Waals surface area contributed by atoms with Crippen molar-refractivity contribution < 1.29 is 4.74 Å². The Balaban J connectivity index is 2.14. The molecule has 0 unspecified atom stereocenters. The van der Waals surface area contributed by atoms with Gasteiger partial charge in [-0.05, 0) is 43.1 Å². The number of hydrogen-bond acceptors (Lipinski definition) is 2. The van der Waals surface area contributed by atoms with Crippen molar-refractivity contribution in [3.63, 3.8) is 0 Å². The molecule has 1 aromatic rings. The quantitative estimate of drug-likeness (QED) is 0.795. The minimum atomic E-state index is 0.172. The fraction of sp³-hybridized carbons (Fsp3) is 0.474. The molecule has 1 aliphatic carbocycles. The zero-order chi connectivity index (χ0) is 15.5. The van der Waals surface area contributed by atoms with Crippen LogP contribution in [-0.4, -0.2) is 32.1 Å². The first kappa shape index (κ1) is 15.8. The van der Waals surface area contributed by atoms with Crippen LogP contribution in [0.3, 0.4) is 0 Å². The van der Waals surface area contributed by atoms with Gasteiger partial charge < -0.3 is 9.64 Å². The zero-order valence-corrected chi connectivity index (χ0v) is 13.9. The summed E-state index contributed by atoms with van der Waals surface area (Å²) in [6.45, 7) is 8.31. The van der Waals surface area contributed by atoms with E-state index in [0.29, 0.717) is 0 Å². The summed E-state index contributed by atoms with van der Waals surface area (Å²) >= 11 is 0. The van der Waals surface area contributed by atoms with E-state index >= 15 is 0 Å². The van der Waals surface area contributed by atoms with Gasteiger partial charge in [-0.2, -0.15) is 0 Å². The van der Waals surface area contributed by atoms with Gasteiger partial charge in [0.15, 0.2) is 0 Å². The highest BCUT2D eigenvalue weighted by molar-refractivity contribution is 5.76. The Morgan fingerprint density at radius 1 is 1.14 bits per heavy atom. The molecule has 0 heterocycles. The average Bonchev–Trinajstić information content (AvgIpc) is 2.83. The predicted octanol–water partition coefficient (Wildman–Crippen LogP) is 4.39. The highest BCUT2D eigenvalue weighted by Crippen LogP contribution is 2.34. The number of hydrogen-bond donors (Lipinski definition) is 0. The molecule has 0 N–H and O–H groups in total. The number of ether oxygens (including phenoxy) is 1. The maximum absolute atomic E-state index is 6.06. The third kappa shape index (κ3) is 4.75. The lowest BCUT2D eigenvalue weighted by atomic mass is 9.98. The van der Waals surface area contributed by atoms with Crippen LogP contribution in [0.1, 0.15) is 32.8 Å². The second-order valence-corrected chi connectivity index (χ2v) is 7.24. The van der Waals surface area contributed by atoms with Crippen LogP contribution in [0.2, 0.25) is 0 Å². The summed E-state index contributed by atoms with van der Waals surface area (Å²) < 4.78 is 6.06. The first-order valence-electron chi connectivity index (χ1n) is 7.62. The Labute approximate surface area is 129 Å². The first-order chi connectivity index (χ1) is 9.85. The molecule has 0 saturated heterocycles. The summed E-state index contributed by atoms with van der Waals surface area (Å²) in [5, 5.41) is 0. The van der Waals surface area contributed by atoms with Gasteiger partial charge in [0.25, 0.3) is 0 Å². The van der Waals surface area contributed by atoms with Crippen LogP contribution in [0, 0.1) is 5.41 Å². The summed E-state index contributed by atoms with van der Waals surface area (Å²) in [6.07, 6.45) is 5.62. The highest BCUT2D eigenvalue weighted by Gasteiger charge is 2.16. The monoisotopic (exact) mass is 285 g/mol. The molecule has 2 rings (SSSR count). The number of rotatable bonds is 5. The normalized spacial score (nSPS) is 15.1. The Bertz CT molecular complexity index is 547. The van der Waals surface area contributed by atoms with E-state index in [1.165, 1.54) is 16.7 Å². The molecule has 0 amide bonds. The minimum absolute atomic E-state index is 0.172. The van der Waals surface area contributed by atoms with Gasteiger partial charge in [0.1, 0.15) is 5.75 Å². The zero-order valence-electron chi connectivity index (χ0n) is 13.9. The Morgan fingerprint density at radius 3 is 2.52 bits per heavy atom. The fourth-order valence-corrected chi connectivity index (χ4v) is 2.40. The van der Waals surface area contributed by atoms with E-state index in [4.69, 9.17) is 4.74 Å². The van der Waals surface area contributed by atoms with Gasteiger partial charge in [0.05, 0.1) is 6.61 Å². The van der Waals surface area contributed by atoms with E-state index in [9.17, 15) is 0 Å². The van der Waals surface area contributed by atoms with Crippen LogP contribution in [0.25, 0.3) is 5.57 Å². The topological polar surface area (TPSA) is 12.5 Å². The number of para-hydroxylation sites is 1. The maximum Gasteiger partial charge on any atom is 0.126 e. The molecule has 0 radical (unpaired) electrons. The number of benzene rings is 1. The van der Waals surface area contributed by atoms with Crippen molar-refractivity contribution in [1.29, 1.82) is 0 Å². The van der Waals surface area contributed by atoms with E-state index in [1.807, 2.05) is 6.07 Å². The lowest BCUT2D eigenvalue weighted by molar-refractivity contribution is 0.197. The van der Waals surface area contributed by atoms with E-state index in [2.05, 4.69) is 70.1 Å². The molecule has 0 aromatic heterocycles. The Kier molecular flexibility index (Phi) is 4.89. The van der Waals surface area contributed by atoms with Crippen molar-refractivity contribution in [2.75, 3.05) is 27.2 Å². The van der Waals surface area contributed by atoms with E-state index < -0.39 is 0 Å². The molecule has 0 fully saturated rings. The van der Waals surface area contributed by atoms with Gasteiger partial charge in [-0.3, -0.25) is 0 Å². The predicted molar refractivity (Wildman–Crippen MR) is 90.6 cm³/mol. The van der Waals surface area contributed by atoms with Crippen LogP contribution < -0.4 is 4.74 Å². The number of nitrogens with zero attached hydrogens (tertiary/aromatic N) is 1. The largest absolute Gasteiger partial charge is 0.492 e. The molecule has 0 bridgehead atoms. The number of allylic oxidation sites excluding steroid dienone is 2. The fourth-order valence-electron chi connectivity index (χ4n) is 2.40. The molecule has 2 nitrogen and oxygen atoms in total. The molecule has 1 aromatic carbocycles. The van der Waals surface area contributed by atoms with Crippen molar-refractivity contribution in [2.24, 2.45) is 5.41 Å². The van der Waals surface area contributed by atoms with Crippen molar-refractivity contribution in [1.82, 2.24) is 4.90 Å². The smallest absolute Gasteiger partial charge is 0.126 e.